The van der Waals surface area contributed by atoms with Crippen LogP contribution >= 0.6 is 0 Å². The van der Waals surface area contributed by atoms with Crippen molar-refractivity contribution < 1.29 is 9.84 Å². The van der Waals surface area contributed by atoms with Crippen LogP contribution < -0.4 is 21.0 Å². The quantitative estimate of drug-likeness (QED) is 0.409. The van der Waals surface area contributed by atoms with Crippen molar-refractivity contribution in [2.24, 2.45) is 0 Å². The van der Waals surface area contributed by atoms with Gasteiger partial charge in [-0.05, 0) is 0 Å². The predicted molar refractivity (Wildman–Crippen MR) is 105 cm³/mol. The van der Waals surface area contributed by atoms with E-state index in [9.17, 15) is 14.7 Å². The number of aromatic nitrogens is 2. The molecule has 7 nitrogen and oxygen atoms in total. The number of benzene rings is 1. The number of aromatic amines is 1. The average molecular weight is 436 g/mol. The normalized spacial score (nSPS) is 24.8. The molecule has 144 valence electrons. The van der Waals surface area contributed by atoms with Crippen molar-refractivity contribution in [2.75, 3.05) is 13.2 Å². The van der Waals surface area contributed by atoms with Gasteiger partial charge in [-0.1, -0.05) is 0 Å². The molecule has 27 heavy (non-hydrogen) atoms. The molecule has 3 N–H and O–H groups in total. The van der Waals surface area contributed by atoms with Crippen LogP contribution in [0.4, 0.5) is 0 Å². The van der Waals surface area contributed by atoms with Crippen LogP contribution in [0, 0.1) is 6.92 Å². The first kappa shape index (κ1) is 19.8. The minimum atomic E-state index is -0.576. The van der Waals surface area contributed by atoms with Crippen LogP contribution in [0.25, 0.3) is 0 Å². The second-order valence-electron chi connectivity index (χ2n) is 6.34. The van der Waals surface area contributed by atoms with Gasteiger partial charge in [0.05, 0.1) is 0 Å². The van der Waals surface area contributed by atoms with Gasteiger partial charge in [0, 0.05) is 0 Å². The van der Waals surface area contributed by atoms with Crippen LogP contribution in [0.15, 0.2) is 58.8 Å². The van der Waals surface area contributed by atoms with Gasteiger partial charge in [-0.3, -0.25) is 0 Å². The topological polar surface area (TPSA) is 96.4 Å². The molecule has 1 aliphatic heterocycles. The summed E-state index contributed by atoms with van der Waals surface area (Å²) in [5.74, 6) is 0. The van der Waals surface area contributed by atoms with E-state index in [1.165, 1.54) is 15.2 Å². The summed E-state index contributed by atoms with van der Waals surface area (Å²) in [4.78, 5) is 26.4. The molecular weight excluding hydrogens is 413 g/mol. The monoisotopic (exact) mass is 437 g/mol. The van der Waals surface area contributed by atoms with E-state index in [-0.39, 0.29) is 32.4 Å². The first-order valence-electron chi connectivity index (χ1n) is 8.69. The molecule has 1 aliphatic rings. The summed E-state index contributed by atoms with van der Waals surface area (Å²) < 4.78 is 8.68. The van der Waals surface area contributed by atoms with Gasteiger partial charge in [0.2, 0.25) is 0 Å². The van der Waals surface area contributed by atoms with Gasteiger partial charge in [0.1, 0.15) is 0 Å². The molecule has 8 heteroatoms. The Morgan fingerprint density at radius 3 is 2.78 bits per heavy atom. The fourth-order valence-corrected chi connectivity index (χ4v) is 5.99. The first-order valence-corrected chi connectivity index (χ1v) is 10.5. The number of aliphatic hydroxyl groups is 1. The molecule has 0 unspecified atom stereocenters. The summed E-state index contributed by atoms with van der Waals surface area (Å²) in [7, 11) is 0. The summed E-state index contributed by atoms with van der Waals surface area (Å²) in [6.45, 7) is 5.79. The van der Waals surface area contributed by atoms with E-state index in [4.69, 9.17) is 4.74 Å². The zero-order valence-electron chi connectivity index (χ0n) is 15.0. The van der Waals surface area contributed by atoms with Crippen molar-refractivity contribution in [1.82, 2.24) is 14.9 Å². The fraction of sp³-hybridized carbons (Fsp3) is 0.368. The Kier molecular flexibility index (Phi) is 6.46. The molecule has 0 radical (unpaired) electrons. The Labute approximate surface area is 163 Å². The van der Waals surface area contributed by atoms with Crippen LogP contribution in [0.3, 0.4) is 0 Å². The van der Waals surface area contributed by atoms with Gasteiger partial charge in [0.25, 0.3) is 0 Å². The van der Waals surface area contributed by atoms with E-state index >= 15 is 0 Å². The summed E-state index contributed by atoms with van der Waals surface area (Å²) in [6.07, 6.45) is 2.26. The van der Waals surface area contributed by atoms with Crippen molar-refractivity contribution in [1.29, 1.82) is 0 Å². The number of nitrogens with one attached hydrogen (secondary N) is 2. The molecular formula is C19H23N3O4Se. The van der Waals surface area contributed by atoms with E-state index in [0.717, 1.165) is 0 Å². The molecule has 0 spiro atoms. The molecule has 4 atom stereocenters. The number of ether oxygens (including phenoxy) is 1. The maximum absolute atomic E-state index is 12.4. The number of aliphatic hydroxyl groups excluding tert-OH is 1. The Balaban J connectivity index is 2.01. The Bertz CT molecular complexity index is 896. The maximum atomic E-state index is 12.4. The molecule has 0 saturated carbocycles. The molecule has 1 aromatic heterocycles. The van der Waals surface area contributed by atoms with E-state index in [1.54, 1.807) is 13.0 Å². The number of aryl methyl sites for hydroxylation is 1. The third kappa shape index (κ3) is 4.31. The summed E-state index contributed by atoms with van der Waals surface area (Å²) in [5, 5.41) is 13.2. The van der Waals surface area contributed by atoms with E-state index in [0.29, 0.717) is 12.1 Å². The molecule has 2 heterocycles. The Morgan fingerprint density at radius 1 is 1.37 bits per heavy atom. The number of hydrogen-bond donors (Lipinski definition) is 3. The van der Waals surface area contributed by atoms with Gasteiger partial charge in [-0.25, -0.2) is 0 Å². The van der Waals surface area contributed by atoms with E-state index in [2.05, 4.69) is 29.0 Å². The SMILES string of the molecule is C=CCN[C@H]1[C@@H]([Se]c2ccccc2)[C@H](n2cc(C)c(=O)[nH]c2=O)O[C@@H]1CO. The van der Waals surface area contributed by atoms with Crippen molar-refractivity contribution in [3.8, 4) is 0 Å². The molecule has 0 bridgehead atoms. The van der Waals surface area contributed by atoms with Crippen LogP contribution in [0.1, 0.15) is 11.8 Å². The summed E-state index contributed by atoms with van der Waals surface area (Å²) >= 11 is -0.0296. The van der Waals surface area contributed by atoms with E-state index < -0.39 is 23.6 Å². The second-order valence-corrected chi connectivity index (χ2v) is 8.97. The third-order valence-corrected chi connectivity index (χ3v) is 7.28. The predicted octanol–water partition coefficient (Wildman–Crippen LogP) is -0.303. The number of H-pyrrole nitrogens is 1. The molecule has 1 saturated heterocycles. The van der Waals surface area contributed by atoms with Gasteiger partial charge in [-0.2, -0.15) is 0 Å². The summed E-state index contributed by atoms with van der Waals surface area (Å²) in [6, 6.07) is 9.88. The summed E-state index contributed by atoms with van der Waals surface area (Å²) in [5.41, 5.74) is -0.475. The number of hydrogen-bond acceptors (Lipinski definition) is 5. The van der Waals surface area contributed by atoms with Gasteiger partial charge < -0.3 is 0 Å². The third-order valence-electron chi connectivity index (χ3n) is 4.46. The Morgan fingerprint density at radius 2 is 2.11 bits per heavy atom. The van der Waals surface area contributed by atoms with Crippen molar-refractivity contribution in [2.45, 2.75) is 30.1 Å². The Hall–Kier alpha value is -1.96. The standard InChI is InChI=1S/C19H23N3O4Se/c1-3-9-20-15-14(11-23)26-18(16(15)27-13-7-5-4-6-8-13)22-10-12(2)17(24)21-19(22)25/h3-8,10,14-16,18,20,23H,1,9,11H2,2H3,(H,21,24,25)/t14-,15-,16-,18-/m1/s1. The zero-order valence-corrected chi connectivity index (χ0v) is 16.7. The van der Waals surface area contributed by atoms with Gasteiger partial charge >= 0.3 is 163 Å². The van der Waals surface area contributed by atoms with E-state index in [1.807, 2.05) is 18.2 Å². The average Bonchev–Trinajstić information content (AvgIpc) is 3.01. The number of rotatable bonds is 7. The van der Waals surface area contributed by atoms with Crippen LogP contribution in [0.5, 0.6) is 0 Å². The molecule has 0 amide bonds. The molecule has 1 fully saturated rings. The second kappa shape index (κ2) is 8.82. The van der Waals surface area contributed by atoms with Crippen LogP contribution in [0.2, 0.25) is 4.82 Å². The molecule has 2 aromatic rings. The van der Waals surface area contributed by atoms with Gasteiger partial charge in [0.15, 0.2) is 0 Å². The van der Waals surface area contributed by atoms with Crippen molar-refractivity contribution in [3.05, 3.63) is 75.6 Å². The molecule has 1 aromatic carbocycles. The first-order chi connectivity index (χ1) is 13.0. The van der Waals surface area contributed by atoms with Crippen molar-refractivity contribution in [3.63, 3.8) is 0 Å². The molecule has 3 rings (SSSR count). The van der Waals surface area contributed by atoms with Crippen molar-refractivity contribution >= 4 is 19.4 Å². The fourth-order valence-electron chi connectivity index (χ4n) is 3.14. The minimum absolute atomic E-state index is 0.0296. The van der Waals surface area contributed by atoms with Crippen LogP contribution in [-0.4, -0.2) is 54.9 Å². The van der Waals surface area contributed by atoms with Gasteiger partial charge in [-0.15, -0.1) is 0 Å². The van der Waals surface area contributed by atoms with Crippen LogP contribution in [-0.2, 0) is 4.74 Å². The zero-order chi connectivity index (χ0) is 19.4. The number of nitrogens with zero attached hydrogens (tertiary/aromatic N) is 1. The molecule has 0 aliphatic carbocycles.